The highest BCUT2D eigenvalue weighted by Crippen LogP contribution is 2.27. The lowest BCUT2D eigenvalue weighted by molar-refractivity contribution is -0.144. The summed E-state index contributed by atoms with van der Waals surface area (Å²) in [6.45, 7) is 11.6. The van der Waals surface area contributed by atoms with E-state index in [2.05, 4.69) is 26.7 Å². The number of carbonyl (C=O) groups is 4. The van der Waals surface area contributed by atoms with E-state index < -0.39 is 48.0 Å². The average Bonchev–Trinajstić information content (AvgIpc) is 3.71. The predicted molar refractivity (Wildman–Crippen MR) is 217 cm³/mol. The molecule has 55 heavy (non-hydrogen) atoms. The predicted octanol–water partition coefficient (Wildman–Crippen LogP) is 7.64. The smallest absolute Gasteiger partial charge is 0.321 e. The Morgan fingerprint density at radius 3 is 1.51 bits per heavy atom. The van der Waals surface area contributed by atoms with Crippen molar-refractivity contribution in [3.63, 3.8) is 0 Å². The summed E-state index contributed by atoms with van der Waals surface area (Å²) in [6, 6.07) is 7.59. The van der Waals surface area contributed by atoms with Crippen molar-refractivity contribution in [2.75, 3.05) is 0 Å². The minimum Gasteiger partial charge on any atom is -0.480 e. The van der Waals surface area contributed by atoms with Gasteiger partial charge >= 0.3 is 23.9 Å². The molecule has 0 bridgehead atoms. The molecule has 0 radical (unpaired) electrons. The lowest BCUT2D eigenvalue weighted by Crippen LogP contribution is -2.48. The standard InChI is InChI=1S/C20H26N2O4S.C19H22Cl2N2O4S/c1-11(2)5-16(19(23)24)22-17(20(25)26)9-15-10-27-18(21-15)14-7-12(3)6-13(4)8-14;1-10(2)3-15(18(24)25)23-16(19(26)27)8-14-9-28-17(22-14)6-11-4-12(20)7-13(21)5-11/h6-8,10-11,16-17,22H,5,9H2,1-4H3,(H,23,24)(H,25,26);4-5,7,9-10,15-16,23H,3,6,8H2,1-2H3,(H,24,25)(H,26,27)/t16-,17-;15-,16-/m00/s1. The number of benzene rings is 2. The van der Waals surface area contributed by atoms with Gasteiger partial charge in [-0.3, -0.25) is 29.8 Å². The van der Waals surface area contributed by atoms with Crippen LogP contribution in [0.1, 0.15) is 73.6 Å². The summed E-state index contributed by atoms with van der Waals surface area (Å²) in [5, 5.41) is 49.5. The second-order valence-corrected chi connectivity index (χ2v) is 16.9. The number of thiazole rings is 2. The van der Waals surface area contributed by atoms with Gasteiger partial charge in [0.25, 0.3) is 0 Å². The van der Waals surface area contributed by atoms with Crippen LogP contribution in [0, 0.1) is 25.7 Å². The molecule has 2 aromatic heterocycles. The molecule has 0 aliphatic heterocycles. The maximum Gasteiger partial charge on any atom is 0.321 e. The second-order valence-electron chi connectivity index (χ2n) is 14.3. The monoisotopic (exact) mass is 834 g/mol. The molecule has 0 saturated carbocycles. The Morgan fingerprint density at radius 2 is 1.07 bits per heavy atom. The first-order valence-corrected chi connectivity index (χ1v) is 20.2. The van der Waals surface area contributed by atoms with Gasteiger partial charge in [-0.05, 0) is 74.4 Å². The molecule has 298 valence electrons. The molecule has 0 aliphatic rings. The van der Waals surface area contributed by atoms with E-state index in [-0.39, 0.29) is 24.7 Å². The van der Waals surface area contributed by atoms with Crippen LogP contribution in [0.25, 0.3) is 10.6 Å². The Bertz CT molecular complexity index is 1890. The van der Waals surface area contributed by atoms with Crippen LogP contribution >= 0.6 is 45.9 Å². The summed E-state index contributed by atoms with van der Waals surface area (Å²) in [6.07, 6.45) is 1.48. The number of halogens is 2. The maximum absolute atomic E-state index is 11.6. The lowest BCUT2D eigenvalue weighted by Gasteiger charge is -2.21. The number of hydrogen-bond donors (Lipinski definition) is 6. The summed E-state index contributed by atoms with van der Waals surface area (Å²) in [7, 11) is 0. The number of nitrogens with zero attached hydrogens (tertiary/aromatic N) is 2. The highest BCUT2D eigenvalue weighted by Gasteiger charge is 2.29. The lowest BCUT2D eigenvalue weighted by atomic mass is 10.0. The fourth-order valence-electron chi connectivity index (χ4n) is 5.81. The van der Waals surface area contributed by atoms with Gasteiger partial charge in [0.2, 0.25) is 0 Å². The first-order valence-electron chi connectivity index (χ1n) is 17.6. The molecular formula is C39H48Cl2N4O8S2. The van der Waals surface area contributed by atoms with Crippen molar-refractivity contribution >= 4 is 69.8 Å². The number of nitrogens with one attached hydrogen (secondary N) is 2. The number of rotatable bonds is 19. The van der Waals surface area contributed by atoms with Crippen LogP contribution in [0.3, 0.4) is 0 Å². The molecule has 4 rings (SSSR count). The van der Waals surface area contributed by atoms with Gasteiger partial charge in [-0.15, -0.1) is 22.7 Å². The Hall–Kier alpha value is -3.92. The van der Waals surface area contributed by atoms with Crippen molar-refractivity contribution in [1.82, 2.24) is 20.6 Å². The van der Waals surface area contributed by atoms with E-state index in [1.54, 1.807) is 23.6 Å². The molecule has 2 heterocycles. The fraction of sp³-hybridized carbons (Fsp3) is 0.436. The van der Waals surface area contributed by atoms with E-state index in [4.69, 9.17) is 23.2 Å². The van der Waals surface area contributed by atoms with E-state index in [0.717, 1.165) is 32.3 Å². The summed E-state index contributed by atoms with van der Waals surface area (Å²) in [5.74, 6) is -4.01. The third-order valence-electron chi connectivity index (χ3n) is 8.14. The van der Waals surface area contributed by atoms with Crippen molar-refractivity contribution in [3.8, 4) is 10.6 Å². The van der Waals surface area contributed by atoms with Gasteiger partial charge in [-0.2, -0.15) is 0 Å². The van der Waals surface area contributed by atoms with Crippen LogP contribution in [0.15, 0.2) is 47.2 Å². The number of aryl methyl sites for hydroxylation is 2. The molecule has 16 heteroatoms. The zero-order valence-corrected chi connectivity index (χ0v) is 34.7. The van der Waals surface area contributed by atoms with E-state index in [0.29, 0.717) is 40.7 Å². The van der Waals surface area contributed by atoms with E-state index in [9.17, 15) is 39.6 Å². The quantitative estimate of drug-likeness (QED) is 0.0541. The molecule has 6 N–H and O–H groups in total. The van der Waals surface area contributed by atoms with Gasteiger partial charge < -0.3 is 20.4 Å². The topological polar surface area (TPSA) is 199 Å². The largest absolute Gasteiger partial charge is 0.480 e. The Kier molecular flexibility index (Phi) is 17.7. The maximum atomic E-state index is 11.6. The first kappa shape index (κ1) is 45.5. The number of carboxylic acids is 4. The normalized spacial score (nSPS) is 13.5. The number of aromatic nitrogens is 2. The van der Waals surface area contributed by atoms with Crippen molar-refractivity contribution in [2.24, 2.45) is 11.8 Å². The zero-order valence-electron chi connectivity index (χ0n) is 31.5. The van der Waals surface area contributed by atoms with Crippen molar-refractivity contribution in [3.05, 3.63) is 90.3 Å². The third kappa shape index (κ3) is 15.6. The highest BCUT2D eigenvalue weighted by molar-refractivity contribution is 7.13. The molecule has 12 nitrogen and oxygen atoms in total. The Balaban J connectivity index is 0.000000296. The molecule has 4 atom stereocenters. The van der Waals surface area contributed by atoms with Gasteiger partial charge in [0.15, 0.2) is 0 Å². The summed E-state index contributed by atoms with van der Waals surface area (Å²) >= 11 is 14.9. The van der Waals surface area contributed by atoms with E-state index >= 15 is 0 Å². The van der Waals surface area contributed by atoms with Gasteiger partial charge in [-0.1, -0.05) is 68.1 Å². The zero-order chi connectivity index (χ0) is 41.0. The van der Waals surface area contributed by atoms with Crippen molar-refractivity contribution in [1.29, 1.82) is 0 Å². The Labute approximate surface area is 339 Å². The highest BCUT2D eigenvalue weighted by atomic mass is 35.5. The van der Waals surface area contributed by atoms with E-state index in [1.165, 1.54) is 22.7 Å². The van der Waals surface area contributed by atoms with Gasteiger partial charge in [0.05, 0.1) is 16.4 Å². The number of hydrogen-bond acceptors (Lipinski definition) is 10. The Morgan fingerprint density at radius 1 is 0.636 bits per heavy atom. The molecular weight excluding hydrogens is 787 g/mol. The molecule has 0 spiro atoms. The van der Waals surface area contributed by atoms with Crippen LogP contribution in [-0.2, 0) is 38.4 Å². The minimum atomic E-state index is -1.11. The summed E-state index contributed by atoms with van der Waals surface area (Å²) in [4.78, 5) is 55.1. The summed E-state index contributed by atoms with van der Waals surface area (Å²) < 4.78 is 0. The van der Waals surface area contributed by atoms with Crippen molar-refractivity contribution < 1.29 is 39.6 Å². The van der Waals surface area contributed by atoms with E-state index in [1.807, 2.05) is 59.1 Å². The van der Waals surface area contributed by atoms with Gasteiger partial charge in [0, 0.05) is 45.6 Å². The van der Waals surface area contributed by atoms with Gasteiger partial charge in [-0.25, -0.2) is 9.97 Å². The number of carboxylic acid groups (broad SMARTS) is 4. The SMILES string of the molecule is CC(C)C[C@H](N[C@@H](Cc1csc(Cc2cc(Cl)cc(Cl)c2)n1)C(=O)O)C(=O)O.Cc1cc(C)cc(-c2nc(C[C@H](N[C@@H](CC(C)C)C(=O)O)C(=O)O)cs2)c1. The van der Waals surface area contributed by atoms with Gasteiger partial charge in [0.1, 0.15) is 29.2 Å². The number of aliphatic carboxylic acids is 4. The molecule has 0 fully saturated rings. The first-order chi connectivity index (χ1) is 25.8. The molecule has 0 aliphatic carbocycles. The molecule has 0 saturated heterocycles. The average molecular weight is 836 g/mol. The summed E-state index contributed by atoms with van der Waals surface area (Å²) in [5.41, 5.74) is 5.44. The molecule has 0 unspecified atom stereocenters. The molecule has 0 amide bonds. The van der Waals surface area contributed by atoms with Crippen molar-refractivity contribution in [2.45, 2.75) is 97.8 Å². The van der Waals surface area contributed by atoms with Crippen LogP contribution in [0.5, 0.6) is 0 Å². The fourth-order valence-corrected chi connectivity index (χ4v) is 8.04. The molecule has 2 aromatic carbocycles. The second kappa shape index (κ2) is 21.4. The van der Waals surface area contributed by atoms with Crippen LogP contribution < -0.4 is 10.6 Å². The van der Waals surface area contributed by atoms with Crippen LogP contribution in [-0.4, -0.2) is 78.4 Å². The van der Waals surface area contributed by atoms with Crippen LogP contribution in [0.4, 0.5) is 0 Å². The third-order valence-corrected chi connectivity index (χ3v) is 10.4. The minimum absolute atomic E-state index is 0.101. The molecule has 4 aromatic rings. The van der Waals surface area contributed by atoms with Crippen LogP contribution in [0.2, 0.25) is 10.0 Å².